The van der Waals surface area contributed by atoms with Gasteiger partial charge < -0.3 is 25.2 Å². The summed E-state index contributed by atoms with van der Waals surface area (Å²) in [6, 6.07) is -0.244. The second-order valence-electron chi connectivity index (χ2n) is 11.3. The average Bonchev–Trinajstić information content (AvgIpc) is 3.05. The molecular weight excluding hydrogens is 358 g/mol. The number of likely N-dealkylation sites (tertiary alicyclic amines) is 1. The molecule has 6 rings (SSSR count). The van der Waals surface area contributed by atoms with Gasteiger partial charge in [0.2, 0.25) is 0 Å². The number of fused-ring (bicyclic) bond motifs is 2. The van der Waals surface area contributed by atoms with Crippen LogP contribution >= 0.6 is 0 Å². The lowest BCUT2D eigenvalue weighted by Gasteiger charge is -2.69. The number of piperidine rings is 1. The fourth-order valence-electron chi connectivity index (χ4n) is 10.0. The van der Waals surface area contributed by atoms with Crippen molar-refractivity contribution in [3.05, 3.63) is 0 Å². The van der Waals surface area contributed by atoms with Gasteiger partial charge in [-0.05, 0) is 49.5 Å². The Labute approximate surface area is 166 Å². The van der Waals surface area contributed by atoms with E-state index in [0.29, 0.717) is 12.8 Å². The van der Waals surface area contributed by atoms with E-state index in [2.05, 4.69) is 18.7 Å². The minimum absolute atomic E-state index is 0.0196. The number of hydrogen-bond donors (Lipinski definition) is 4. The van der Waals surface area contributed by atoms with Crippen LogP contribution in [0.15, 0.2) is 0 Å². The molecule has 5 saturated carbocycles. The maximum atomic E-state index is 12.3. The van der Waals surface area contributed by atoms with Gasteiger partial charge in [-0.15, -0.1) is 0 Å². The summed E-state index contributed by atoms with van der Waals surface area (Å²) in [5.41, 5.74) is -3.08. The van der Waals surface area contributed by atoms with Crippen molar-refractivity contribution < 1.29 is 25.2 Å². The van der Waals surface area contributed by atoms with Crippen molar-refractivity contribution in [3.8, 4) is 0 Å². The molecular formula is C22H35NO5. The van der Waals surface area contributed by atoms with Crippen LogP contribution in [0.2, 0.25) is 0 Å². The molecule has 1 spiro atoms. The molecule has 1 heterocycles. The van der Waals surface area contributed by atoms with E-state index in [1.54, 1.807) is 7.11 Å². The van der Waals surface area contributed by atoms with Crippen molar-refractivity contribution in [1.29, 1.82) is 0 Å². The van der Waals surface area contributed by atoms with Crippen LogP contribution in [0.3, 0.4) is 0 Å². The summed E-state index contributed by atoms with van der Waals surface area (Å²) in [4.78, 5) is 2.36. The lowest BCUT2D eigenvalue weighted by atomic mass is 9.43. The summed E-state index contributed by atoms with van der Waals surface area (Å²) < 4.78 is 5.72. The number of nitrogens with zero attached hydrogens (tertiary/aromatic N) is 1. The van der Waals surface area contributed by atoms with Crippen molar-refractivity contribution in [3.63, 3.8) is 0 Å². The van der Waals surface area contributed by atoms with Crippen LogP contribution in [-0.4, -0.2) is 81.1 Å². The second kappa shape index (κ2) is 5.14. The standard InChI is InChI=1S/C22H35NO5/c1-4-23-10-19(2)6-5-15(24)22-12-7-11-13(28-3)8-20(26,16(12)17(11)25)21(27,18(22)23)9-14(19)22/h11-18,24-27H,4-10H2,1-3H3/t11-,12-,13+,14-,15+,16-,17+,18-,19+,20-,21-,22-/m1/s1. The highest BCUT2D eigenvalue weighted by atomic mass is 16.5. The summed E-state index contributed by atoms with van der Waals surface area (Å²) in [5.74, 6) is -0.176. The third kappa shape index (κ3) is 1.59. The molecule has 6 aliphatic rings. The minimum Gasteiger partial charge on any atom is -0.392 e. The summed E-state index contributed by atoms with van der Waals surface area (Å²) in [5, 5.41) is 47.3. The van der Waals surface area contributed by atoms with Crippen LogP contribution in [-0.2, 0) is 4.74 Å². The largest absolute Gasteiger partial charge is 0.392 e. The first-order valence-corrected chi connectivity index (χ1v) is 11.3. The molecule has 12 atom stereocenters. The van der Waals surface area contributed by atoms with Crippen molar-refractivity contribution in [2.45, 2.75) is 81.5 Å². The summed E-state index contributed by atoms with van der Waals surface area (Å²) in [7, 11) is 1.65. The first-order valence-electron chi connectivity index (χ1n) is 11.3. The Morgan fingerprint density at radius 3 is 2.57 bits per heavy atom. The molecule has 0 aromatic heterocycles. The van der Waals surface area contributed by atoms with Crippen molar-refractivity contribution in [1.82, 2.24) is 4.90 Å². The van der Waals surface area contributed by atoms with Gasteiger partial charge in [-0.3, -0.25) is 4.90 Å². The zero-order valence-electron chi connectivity index (χ0n) is 17.2. The van der Waals surface area contributed by atoms with Crippen LogP contribution in [0.4, 0.5) is 0 Å². The quantitative estimate of drug-likeness (QED) is 0.542. The summed E-state index contributed by atoms with van der Waals surface area (Å²) in [6.07, 6.45) is 2.00. The highest BCUT2D eigenvalue weighted by Gasteiger charge is 2.87. The van der Waals surface area contributed by atoms with E-state index in [1.807, 2.05) is 0 Å². The van der Waals surface area contributed by atoms with E-state index in [1.165, 1.54) is 0 Å². The maximum Gasteiger partial charge on any atom is 0.110 e. The predicted octanol–water partition coefficient (Wildman–Crippen LogP) is 0.366. The van der Waals surface area contributed by atoms with Gasteiger partial charge >= 0.3 is 0 Å². The summed E-state index contributed by atoms with van der Waals surface area (Å²) in [6.45, 7) is 6.18. The SMILES string of the molecule is CCN1C[C@]2(C)CC[C@H](O)[C@@]34[C@@H]5C[C@H]6[C@H](O)[C@@H]5[C@](O)(C[C@@H]6OC)[C@@](O)(C[C@H]23)[C@@H]14. The number of likely N-dealkylation sites (N-methyl/N-ethyl adjacent to an activating group) is 1. The molecule has 4 N–H and O–H groups in total. The van der Waals surface area contributed by atoms with Crippen LogP contribution in [0.1, 0.15) is 46.0 Å². The fraction of sp³-hybridized carbons (Fsp3) is 1.00. The molecule has 0 unspecified atom stereocenters. The van der Waals surface area contributed by atoms with E-state index in [-0.39, 0.29) is 41.2 Å². The van der Waals surface area contributed by atoms with Gasteiger partial charge in [0, 0.05) is 43.4 Å². The van der Waals surface area contributed by atoms with Crippen LogP contribution in [0.5, 0.6) is 0 Å². The zero-order chi connectivity index (χ0) is 19.9. The molecule has 1 saturated heterocycles. The molecule has 0 radical (unpaired) electrons. The fourth-order valence-corrected chi connectivity index (χ4v) is 10.0. The minimum atomic E-state index is -1.36. The van der Waals surface area contributed by atoms with Gasteiger partial charge in [0.15, 0.2) is 0 Å². The summed E-state index contributed by atoms with van der Waals surface area (Å²) >= 11 is 0. The average molecular weight is 394 g/mol. The first-order chi connectivity index (χ1) is 13.2. The Kier molecular flexibility index (Phi) is 3.40. The smallest absolute Gasteiger partial charge is 0.110 e. The van der Waals surface area contributed by atoms with Crippen LogP contribution < -0.4 is 0 Å². The Hall–Kier alpha value is -0.240. The molecule has 6 fully saturated rings. The number of methoxy groups -OCH3 is 1. The van der Waals surface area contributed by atoms with Crippen LogP contribution in [0, 0.1) is 34.5 Å². The van der Waals surface area contributed by atoms with E-state index >= 15 is 0 Å². The molecule has 1 aliphatic heterocycles. The Morgan fingerprint density at radius 2 is 1.89 bits per heavy atom. The molecule has 7 bridgehead atoms. The van der Waals surface area contributed by atoms with Crippen molar-refractivity contribution in [2.24, 2.45) is 34.5 Å². The van der Waals surface area contributed by atoms with E-state index in [9.17, 15) is 20.4 Å². The van der Waals surface area contributed by atoms with Gasteiger partial charge in [-0.1, -0.05) is 13.8 Å². The third-order valence-corrected chi connectivity index (χ3v) is 10.8. The normalized spacial score (nSPS) is 67.0. The molecule has 5 aliphatic carbocycles. The highest BCUT2D eigenvalue weighted by Crippen LogP contribution is 2.79. The molecule has 6 heteroatoms. The molecule has 28 heavy (non-hydrogen) atoms. The maximum absolute atomic E-state index is 12.3. The highest BCUT2D eigenvalue weighted by molar-refractivity contribution is 5.38. The van der Waals surface area contributed by atoms with E-state index in [4.69, 9.17) is 4.74 Å². The number of ether oxygens (including phenoxy) is 1. The molecule has 0 amide bonds. The van der Waals surface area contributed by atoms with E-state index in [0.717, 1.165) is 32.4 Å². The van der Waals surface area contributed by atoms with Gasteiger partial charge in [-0.2, -0.15) is 0 Å². The van der Waals surface area contributed by atoms with Crippen LogP contribution in [0.25, 0.3) is 0 Å². The molecule has 0 aromatic carbocycles. The second-order valence-corrected chi connectivity index (χ2v) is 11.3. The van der Waals surface area contributed by atoms with Gasteiger partial charge in [0.25, 0.3) is 0 Å². The first kappa shape index (κ1) is 18.5. The Morgan fingerprint density at radius 1 is 1.14 bits per heavy atom. The number of aliphatic hydroxyl groups excluding tert-OH is 2. The number of hydrogen-bond acceptors (Lipinski definition) is 6. The molecule has 6 nitrogen and oxygen atoms in total. The zero-order valence-corrected chi connectivity index (χ0v) is 17.2. The monoisotopic (exact) mass is 393 g/mol. The topological polar surface area (TPSA) is 93.4 Å². The third-order valence-electron chi connectivity index (χ3n) is 10.8. The molecule has 158 valence electrons. The van der Waals surface area contributed by atoms with Crippen molar-refractivity contribution in [2.75, 3.05) is 20.2 Å². The Bertz CT molecular complexity index is 719. The van der Waals surface area contributed by atoms with Gasteiger partial charge in [0.05, 0.1) is 18.3 Å². The number of aliphatic hydroxyl groups is 4. The lowest BCUT2D eigenvalue weighted by molar-refractivity contribution is -0.310. The molecule has 0 aromatic rings. The lowest BCUT2D eigenvalue weighted by Crippen LogP contribution is -2.81. The number of rotatable bonds is 2. The van der Waals surface area contributed by atoms with Gasteiger partial charge in [0.1, 0.15) is 11.2 Å². The van der Waals surface area contributed by atoms with Gasteiger partial charge in [-0.25, -0.2) is 0 Å². The Balaban J connectivity index is 1.64. The predicted molar refractivity (Wildman–Crippen MR) is 101 cm³/mol. The van der Waals surface area contributed by atoms with E-state index < -0.39 is 28.8 Å². The van der Waals surface area contributed by atoms with Crippen molar-refractivity contribution >= 4 is 0 Å².